The molecule has 0 amide bonds. The van der Waals surface area contributed by atoms with Crippen LogP contribution >= 0.6 is 0 Å². The molecule has 0 atom stereocenters. The van der Waals surface area contributed by atoms with Gasteiger partial charge in [-0.15, -0.1) is 0 Å². The normalized spacial score (nSPS) is 10.5. The summed E-state index contributed by atoms with van der Waals surface area (Å²) in [5.41, 5.74) is 2.25. The molecule has 0 bridgehead atoms. The van der Waals surface area contributed by atoms with Crippen molar-refractivity contribution in [2.24, 2.45) is 7.05 Å². The van der Waals surface area contributed by atoms with Crippen molar-refractivity contribution in [1.82, 2.24) is 9.55 Å². The average Bonchev–Trinajstić information content (AvgIpc) is 2.41. The van der Waals surface area contributed by atoms with Crippen LogP contribution in [0.5, 0.6) is 0 Å². The molecule has 2 nitrogen and oxygen atoms in total. The van der Waals surface area contributed by atoms with Gasteiger partial charge in [0.2, 0.25) is 0 Å². The van der Waals surface area contributed by atoms with Crippen LogP contribution in [0.25, 0.3) is 12.2 Å². The topological polar surface area (TPSA) is 17.8 Å². The number of hydrogen-bond acceptors (Lipinski definition) is 1. The standard InChI is InChI=1S/C12H16N2/c1-5-6-7-12-13-11(8-10(2)3)9-14(12)4/h5-9H,1H2,2-4H3/b7-6-. The zero-order valence-corrected chi connectivity index (χ0v) is 8.99. The van der Waals surface area contributed by atoms with E-state index in [1.165, 1.54) is 5.57 Å². The molecule has 0 radical (unpaired) electrons. The predicted molar refractivity (Wildman–Crippen MR) is 61.8 cm³/mol. The molecule has 1 aromatic rings. The molecular weight excluding hydrogens is 172 g/mol. The van der Waals surface area contributed by atoms with Crippen LogP contribution in [0.3, 0.4) is 0 Å². The molecule has 0 fully saturated rings. The quantitative estimate of drug-likeness (QED) is 0.667. The smallest absolute Gasteiger partial charge is 0.133 e. The first-order valence-corrected chi connectivity index (χ1v) is 4.61. The van der Waals surface area contributed by atoms with E-state index in [-0.39, 0.29) is 0 Å². The first-order chi connectivity index (χ1) is 6.63. The number of aryl methyl sites for hydroxylation is 1. The Balaban J connectivity index is 2.98. The largest absolute Gasteiger partial charge is 0.334 e. The van der Waals surface area contributed by atoms with Crippen LogP contribution < -0.4 is 0 Å². The molecule has 1 heterocycles. The molecule has 14 heavy (non-hydrogen) atoms. The molecule has 0 unspecified atom stereocenters. The van der Waals surface area contributed by atoms with E-state index in [0.29, 0.717) is 0 Å². The van der Waals surface area contributed by atoms with E-state index in [1.54, 1.807) is 6.08 Å². The molecule has 0 spiro atoms. The van der Waals surface area contributed by atoms with Gasteiger partial charge in [-0.2, -0.15) is 0 Å². The van der Waals surface area contributed by atoms with Gasteiger partial charge in [0.25, 0.3) is 0 Å². The molecule has 1 rings (SSSR count). The molecule has 0 aliphatic rings. The van der Waals surface area contributed by atoms with Crippen molar-refractivity contribution in [2.75, 3.05) is 0 Å². The first-order valence-electron chi connectivity index (χ1n) is 4.61. The minimum atomic E-state index is 0.942. The molecular formula is C12H16N2. The van der Waals surface area contributed by atoms with Gasteiger partial charge >= 0.3 is 0 Å². The molecule has 2 heteroatoms. The van der Waals surface area contributed by atoms with Gasteiger partial charge in [-0.25, -0.2) is 4.98 Å². The van der Waals surface area contributed by atoms with Crippen molar-refractivity contribution < 1.29 is 0 Å². The molecule has 0 saturated heterocycles. The van der Waals surface area contributed by atoms with E-state index in [1.807, 2.05) is 30.0 Å². The summed E-state index contributed by atoms with van der Waals surface area (Å²) in [6.45, 7) is 7.75. The van der Waals surface area contributed by atoms with E-state index in [0.717, 1.165) is 11.5 Å². The Bertz CT molecular complexity index is 377. The second-order valence-corrected chi connectivity index (χ2v) is 3.45. The summed E-state index contributed by atoms with van der Waals surface area (Å²) in [5, 5.41) is 0. The van der Waals surface area contributed by atoms with E-state index >= 15 is 0 Å². The van der Waals surface area contributed by atoms with E-state index in [2.05, 4.69) is 31.5 Å². The molecule has 0 saturated carbocycles. The minimum absolute atomic E-state index is 0.942. The van der Waals surface area contributed by atoms with Crippen LogP contribution in [0.2, 0.25) is 0 Å². The van der Waals surface area contributed by atoms with Crippen LogP contribution in [0.4, 0.5) is 0 Å². The second-order valence-electron chi connectivity index (χ2n) is 3.45. The minimum Gasteiger partial charge on any atom is -0.334 e. The summed E-state index contributed by atoms with van der Waals surface area (Å²) in [4.78, 5) is 4.44. The van der Waals surface area contributed by atoms with Crippen molar-refractivity contribution >= 4 is 12.2 Å². The van der Waals surface area contributed by atoms with Crippen LogP contribution in [0, 0.1) is 0 Å². The Morgan fingerprint density at radius 1 is 1.50 bits per heavy atom. The predicted octanol–water partition coefficient (Wildman–Crippen LogP) is 3.04. The Kier molecular flexibility index (Phi) is 3.46. The number of rotatable bonds is 3. The van der Waals surface area contributed by atoms with Crippen molar-refractivity contribution in [2.45, 2.75) is 13.8 Å². The third-order valence-electron chi connectivity index (χ3n) is 1.75. The summed E-state index contributed by atoms with van der Waals surface area (Å²) < 4.78 is 1.99. The lowest BCUT2D eigenvalue weighted by Gasteiger charge is -1.90. The maximum atomic E-state index is 4.44. The first kappa shape index (κ1) is 10.5. The van der Waals surface area contributed by atoms with Crippen LogP contribution in [-0.2, 0) is 7.05 Å². The highest BCUT2D eigenvalue weighted by Crippen LogP contribution is 2.07. The number of nitrogens with zero attached hydrogens (tertiary/aromatic N) is 2. The van der Waals surface area contributed by atoms with E-state index in [4.69, 9.17) is 0 Å². The Morgan fingerprint density at radius 3 is 2.79 bits per heavy atom. The molecule has 0 aliphatic carbocycles. The van der Waals surface area contributed by atoms with Gasteiger partial charge in [0.15, 0.2) is 0 Å². The summed E-state index contributed by atoms with van der Waals surface area (Å²) in [7, 11) is 1.98. The van der Waals surface area contributed by atoms with Gasteiger partial charge in [0, 0.05) is 13.2 Å². The second kappa shape index (κ2) is 4.61. The highest BCUT2D eigenvalue weighted by Gasteiger charge is 1.98. The van der Waals surface area contributed by atoms with Crippen molar-refractivity contribution in [1.29, 1.82) is 0 Å². The summed E-state index contributed by atoms with van der Waals surface area (Å²) >= 11 is 0. The Hall–Kier alpha value is -1.57. The maximum Gasteiger partial charge on any atom is 0.133 e. The lowest BCUT2D eigenvalue weighted by molar-refractivity contribution is 0.897. The average molecular weight is 188 g/mol. The van der Waals surface area contributed by atoms with Gasteiger partial charge in [0.05, 0.1) is 5.69 Å². The molecule has 0 aliphatic heterocycles. The highest BCUT2D eigenvalue weighted by atomic mass is 15.0. The summed E-state index contributed by atoms with van der Waals surface area (Å²) in [5.74, 6) is 0.942. The monoisotopic (exact) mass is 188 g/mol. The van der Waals surface area contributed by atoms with Crippen molar-refractivity contribution in [3.05, 3.63) is 42.0 Å². The highest BCUT2D eigenvalue weighted by molar-refractivity contribution is 5.51. The SMILES string of the molecule is C=C/C=C\c1nc(C=C(C)C)cn1C. The number of imidazole rings is 1. The molecule has 74 valence electrons. The fourth-order valence-corrected chi connectivity index (χ4v) is 1.18. The summed E-state index contributed by atoms with van der Waals surface area (Å²) in [6.07, 6.45) is 9.64. The lowest BCUT2D eigenvalue weighted by Crippen LogP contribution is -1.88. The zero-order valence-electron chi connectivity index (χ0n) is 8.99. The number of allylic oxidation sites excluding steroid dienone is 3. The van der Waals surface area contributed by atoms with Crippen molar-refractivity contribution in [3.63, 3.8) is 0 Å². The van der Waals surface area contributed by atoms with Crippen molar-refractivity contribution in [3.8, 4) is 0 Å². The van der Waals surface area contributed by atoms with Crippen LogP contribution in [-0.4, -0.2) is 9.55 Å². The Morgan fingerprint density at radius 2 is 2.21 bits per heavy atom. The van der Waals surface area contributed by atoms with E-state index in [9.17, 15) is 0 Å². The number of hydrogen-bond donors (Lipinski definition) is 0. The molecule has 0 aromatic carbocycles. The summed E-state index contributed by atoms with van der Waals surface area (Å²) in [6, 6.07) is 0. The van der Waals surface area contributed by atoms with Gasteiger partial charge in [-0.3, -0.25) is 0 Å². The fraction of sp³-hybridized carbons (Fsp3) is 0.250. The van der Waals surface area contributed by atoms with Gasteiger partial charge in [0.1, 0.15) is 5.82 Å². The molecule has 1 aromatic heterocycles. The molecule has 0 N–H and O–H groups in total. The van der Waals surface area contributed by atoms with E-state index < -0.39 is 0 Å². The van der Waals surface area contributed by atoms with Gasteiger partial charge < -0.3 is 4.57 Å². The third-order valence-corrected chi connectivity index (χ3v) is 1.75. The lowest BCUT2D eigenvalue weighted by atomic mass is 10.3. The third kappa shape index (κ3) is 2.73. The van der Waals surface area contributed by atoms with Gasteiger partial charge in [-0.1, -0.05) is 24.3 Å². The zero-order chi connectivity index (χ0) is 10.6. The maximum absolute atomic E-state index is 4.44. The fourth-order valence-electron chi connectivity index (χ4n) is 1.18. The van der Waals surface area contributed by atoms with Crippen LogP contribution in [0.15, 0.2) is 30.5 Å². The number of aromatic nitrogens is 2. The Labute approximate surface area is 85.3 Å². The van der Waals surface area contributed by atoms with Gasteiger partial charge in [-0.05, 0) is 26.0 Å². The van der Waals surface area contributed by atoms with Crippen LogP contribution in [0.1, 0.15) is 25.4 Å².